The number of rotatable bonds is 5. The molecule has 0 radical (unpaired) electrons. The smallest absolute Gasteiger partial charge is 0.315 e. The number of amides is 2. The van der Waals surface area contributed by atoms with Crippen LogP contribution in [0.15, 0.2) is 24.3 Å². The summed E-state index contributed by atoms with van der Waals surface area (Å²) in [7, 11) is 0. The van der Waals surface area contributed by atoms with Gasteiger partial charge in [0.2, 0.25) is 0 Å². The van der Waals surface area contributed by atoms with E-state index in [1.165, 1.54) is 11.1 Å². The zero-order chi connectivity index (χ0) is 15.2. The first-order valence-corrected chi connectivity index (χ1v) is 7.75. The number of benzene rings is 1. The molecule has 116 valence electrons. The molecule has 1 aromatic carbocycles. The second-order valence-electron chi connectivity index (χ2n) is 6.16. The number of hydrogen-bond acceptors (Lipinski definition) is 2. The Bertz CT molecular complexity index is 468. The van der Waals surface area contributed by atoms with Gasteiger partial charge in [-0.25, -0.2) is 4.79 Å². The summed E-state index contributed by atoms with van der Waals surface area (Å²) in [5, 5.41) is 6.08. The van der Waals surface area contributed by atoms with Gasteiger partial charge < -0.3 is 15.4 Å². The standard InChI is InChI=1S/C17H26N2O2/c1-12(2)16(15-7-5-4-6-13(15)3)19-17(20)18-10-14-8-9-21-11-14/h4-7,12,14,16H,8-11H2,1-3H3,(H2,18,19,20)/t14-,16-/m1/s1. The van der Waals surface area contributed by atoms with Crippen LogP contribution in [-0.4, -0.2) is 25.8 Å². The summed E-state index contributed by atoms with van der Waals surface area (Å²) in [6.07, 6.45) is 1.03. The number of ether oxygens (including phenoxy) is 1. The molecule has 4 heteroatoms. The topological polar surface area (TPSA) is 50.4 Å². The van der Waals surface area contributed by atoms with Crippen LogP contribution in [0.5, 0.6) is 0 Å². The Morgan fingerprint density at radius 3 is 2.76 bits per heavy atom. The van der Waals surface area contributed by atoms with Crippen molar-refractivity contribution in [3.8, 4) is 0 Å². The van der Waals surface area contributed by atoms with Gasteiger partial charge in [-0.15, -0.1) is 0 Å². The largest absolute Gasteiger partial charge is 0.381 e. The van der Waals surface area contributed by atoms with Gasteiger partial charge in [0.1, 0.15) is 0 Å². The summed E-state index contributed by atoms with van der Waals surface area (Å²) in [4.78, 5) is 12.1. The van der Waals surface area contributed by atoms with Gasteiger partial charge in [-0.05, 0) is 30.4 Å². The van der Waals surface area contributed by atoms with Crippen molar-refractivity contribution in [3.63, 3.8) is 0 Å². The van der Waals surface area contributed by atoms with Gasteiger partial charge in [-0.3, -0.25) is 0 Å². The second-order valence-corrected chi connectivity index (χ2v) is 6.16. The molecule has 1 aliphatic rings. The van der Waals surface area contributed by atoms with Crippen LogP contribution in [0.3, 0.4) is 0 Å². The van der Waals surface area contributed by atoms with Crippen LogP contribution in [0.25, 0.3) is 0 Å². The average Bonchev–Trinajstić information content (AvgIpc) is 2.96. The van der Waals surface area contributed by atoms with Gasteiger partial charge in [0.15, 0.2) is 0 Å². The van der Waals surface area contributed by atoms with E-state index in [1.807, 2.05) is 12.1 Å². The average molecular weight is 290 g/mol. The zero-order valence-electron chi connectivity index (χ0n) is 13.2. The molecule has 0 bridgehead atoms. The molecular formula is C17H26N2O2. The summed E-state index contributed by atoms with van der Waals surface area (Å²) in [5.41, 5.74) is 2.40. The summed E-state index contributed by atoms with van der Waals surface area (Å²) in [5.74, 6) is 0.790. The lowest BCUT2D eigenvalue weighted by molar-refractivity contribution is 0.184. The van der Waals surface area contributed by atoms with Gasteiger partial charge in [0.25, 0.3) is 0 Å². The van der Waals surface area contributed by atoms with Crippen molar-refractivity contribution >= 4 is 6.03 Å². The normalized spacial score (nSPS) is 19.5. The Morgan fingerprint density at radius 1 is 1.38 bits per heavy atom. The minimum absolute atomic E-state index is 0.0334. The summed E-state index contributed by atoms with van der Waals surface area (Å²) in [6.45, 7) is 8.59. The molecule has 2 rings (SSSR count). The first kappa shape index (κ1) is 15.8. The van der Waals surface area contributed by atoms with E-state index >= 15 is 0 Å². The lowest BCUT2D eigenvalue weighted by Gasteiger charge is -2.25. The molecule has 0 saturated carbocycles. The van der Waals surface area contributed by atoms with Crippen molar-refractivity contribution in [2.75, 3.05) is 19.8 Å². The molecule has 21 heavy (non-hydrogen) atoms. The number of nitrogens with one attached hydrogen (secondary N) is 2. The van der Waals surface area contributed by atoms with Crippen molar-refractivity contribution in [1.82, 2.24) is 10.6 Å². The molecule has 0 aliphatic carbocycles. The molecule has 0 spiro atoms. The van der Waals surface area contributed by atoms with E-state index in [-0.39, 0.29) is 12.1 Å². The Kier molecular flexibility index (Phi) is 5.62. The molecule has 1 heterocycles. The molecule has 2 N–H and O–H groups in total. The number of hydrogen-bond donors (Lipinski definition) is 2. The third-order valence-electron chi connectivity index (χ3n) is 4.05. The van der Waals surface area contributed by atoms with E-state index in [2.05, 4.69) is 43.5 Å². The monoisotopic (exact) mass is 290 g/mol. The van der Waals surface area contributed by atoms with Crippen LogP contribution < -0.4 is 10.6 Å². The zero-order valence-corrected chi connectivity index (χ0v) is 13.2. The van der Waals surface area contributed by atoms with Gasteiger partial charge in [0.05, 0.1) is 12.6 Å². The lowest BCUT2D eigenvalue weighted by Crippen LogP contribution is -2.41. The van der Waals surface area contributed by atoms with E-state index in [0.717, 1.165) is 19.6 Å². The van der Waals surface area contributed by atoms with Gasteiger partial charge in [-0.2, -0.15) is 0 Å². The number of carbonyl (C=O) groups excluding carboxylic acids is 1. The molecule has 1 aliphatic heterocycles. The quantitative estimate of drug-likeness (QED) is 0.875. The molecule has 1 fully saturated rings. The second kappa shape index (κ2) is 7.46. The summed E-state index contributed by atoms with van der Waals surface area (Å²) in [6, 6.07) is 8.16. The highest BCUT2D eigenvalue weighted by atomic mass is 16.5. The van der Waals surface area contributed by atoms with E-state index in [4.69, 9.17) is 4.74 Å². The van der Waals surface area contributed by atoms with Crippen LogP contribution in [0.1, 0.15) is 37.4 Å². The van der Waals surface area contributed by atoms with E-state index in [9.17, 15) is 4.79 Å². The highest BCUT2D eigenvalue weighted by Gasteiger charge is 2.21. The molecule has 0 aromatic heterocycles. The van der Waals surface area contributed by atoms with E-state index in [0.29, 0.717) is 18.4 Å². The molecule has 1 aromatic rings. The van der Waals surface area contributed by atoms with Crippen molar-refractivity contribution in [2.24, 2.45) is 11.8 Å². The maximum Gasteiger partial charge on any atom is 0.315 e. The predicted molar refractivity (Wildman–Crippen MR) is 84.2 cm³/mol. The molecular weight excluding hydrogens is 264 g/mol. The highest BCUT2D eigenvalue weighted by Crippen LogP contribution is 2.24. The van der Waals surface area contributed by atoms with Crippen LogP contribution in [0.2, 0.25) is 0 Å². The fourth-order valence-electron chi connectivity index (χ4n) is 2.71. The highest BCUT2D eigenvalue weighted by molar-refractivity contribution is 5.74. The van der Waals surface area contributed by atoms with Crippen LogP contribution in [-0.2, 0) is 4.74 Å². The number of aryl methyl sites for hydroxylation is 1. The number of urea groups is 1. The summed E-state index contributed by atoms with van der Waals surface area (Å²) >= 11 is 0. The third kappa shape index (κ3) is 4.46. The molecule has 4 nitrogen and oxygen atoms in total. The first-order chi connectivity index (χ1) is 10.1. The maximum atomic E-state index is 12.1. The van der Waals surface area contributed by atoms with Gasteiger partial charge in [-0.1, -0.05) is 38.1 Å². The van der Waals surface area contributed by atoms with Crippen molar-refractivity contribution in [3.05, 3.63) is 35.4 Å². The Labute approximate surface area is 127 Å². The maximum absolute atomic E-state index is 12.1. The van der Waals surface area contributed by atoms with Crippen LogP contribution in [0, 0.1) is 18.8 Å². The molecule has 2 amide bonds. The SMILES string of the molecule is Cc1ccccc1[C@H](NC(=O)NC[C@H]1CCOC1)C(C)C. The van der Waals surface area contributed by atoms with Crippen LogP contribution >= 0.6 is 0 Å². The Balaban J connectivity index is 1.93. The fraction of sp³-hybridized carbons (Fsp3) is 0.588. The van der Waals surface area contributed by atoms with Crippen molar-refractivity contribution < 1.29 is 9.53 Å². The predicted octanol–water partition coefficient (Wildman–Crippen LogP) is 3.03. The molecule has 2 atom stereocenters. The molecule has 0 unspecified atom stereocenters. The van der Waals surface area contributed by atoms with Crippen molar-refractivity contribution in [2.45, 2.75) is 33.2 Å². The summed E-state index contributed by atoms with van der Waals surface area (Å²) < 4.78 is 5.32. The lowest BCUT2D eigenvalue weighted by atomic mass is 9.93. The minimum Gasteiger partial charge on any atom is -0.381 e. The van der Waals surface area contributed by atoms with E-state index in [1.54, 1.807) is 0 Å². The third-order valence-corrected chi connectivity index (χ3v) is 4.05. The Morgan fingerprint density at radius 2 is 2.14 bits per heavy atom. The molecule has 1 saturated heterocycles. The van der Waals surface area contributed by atoms with E-state index < -0.39 is 0 Å². The first-order valence-electron chi connectivity index (χ1n) is 7.75. The fourth-order valence-corrected chi connectivity index (χ4v) is 2.71. The van der Waals surface area contributed by atoms with Crippen LogP contribution in [0.4, 0.5) is 4.79 Å². The van der Waals surface area contributed by atoms with Gasteiger partial charge >= 0.3 is 6.03 Å². The minimum atomic E-state index is -0.0937. The van der Waals surface area contributed by atoms with Gasteiger partial charge in [0, 0.05) is 19.1 Å². The van der Waals surface area contributed by atoms with Crippen molar-refractivity contribution in [1.29, 1.82) is 0 Å². The number of carbonyl (C=O) groups is 1. The Hall–Kier alpha value is -1.55.